The van der Waals surface area contributed by atoms with Crippen molar-refractivity contribution < 1.29 is 4.79 Å². The Morgan fingerprint density at radius 2 is 2.04 bits per heavy atom. The highest BCUT2D eigenvalue weighted by Crippen LogP contribution is 2.26. The standard InChI is InChI=1S/C19H26N4O2S/c1-12-13(2)26-19-17(12)18(25)20-15(21-19)5-6-16(24)23-10-7-14(11-23)22-8-3-4-9-22/h14H,3-11H2,1-2H3,(H,20,21,25). The maximum Gasteiger partial charge on any atom is 0.259 e. The van der Waals surface area contributed by atoms with Crippen LogP contribution in [0, 0.1) is 13.8 Å². The van der Waals surface area contributed by atoms with E-state index in [0.29, 0.717) is 30.1 Å². The Balaban J connectivity index is 1.39. The van der Waals surface area contributed by atoms with Gasteiger partial charge in [0.15, 0.2) is 0 Å². The molecular weight excluding hydrogens is 348 g/mol. The summed E-state index contributed by atoms with van der Waals surface area (Å²) in [5, 5.41) is 0.690. The number of aryl methyl sites for hydroxylation is 3. The van der Waals surface area contributed by atoms with Crippen LogP contribution in [0.25, 0.3) is 10.2 Å². The van der Waals surface area contributed by atoms with Gasteiger partial charge in [0.25, 0.3) is 5.56 Å². The molecule has 140 valence electrons. The maximum absolute atomic E-state index is 12.6. The first-order valence-corrected chi connectivity index (χ1v) is 10.4. The molecule has 1 atom stereocenters. The van der Waals surface area contributed by atoms with E-state index in [2.05, 4.69) is 14.9 Å². The number of carbonyl (C=O) groups excluding carboxylic acids is 1. The number of hydrogen-bond donors (Lipinski definition) is 1. The van der Waals surface area contributed by atoms with Crippen LogP contribution in [-0.4, -0.2) is 57.9 Å². The summed E-state index contributed by atoms with van der Waals surface area (Å²) in [5.41, 5.74) is 0.918. The molecule has 0 radical (unpaired) electrons. The fraction of sp³-hybridized carbons (Fsp3) is 0.632. The average molecular weight is 375 g/mol. The number of nitrogens with one attached hydrogen (secondary N) is 1. The number of nitrogens with zero attached hydrogens (tertiary/aromatic N) is 3. The SMILES string of the molecule is Cc1sc2nc(CCC(=O)N3CCC(N4CCCC4)C3)[nH]c(=O)c2c1C. The Morgan fingerprint density at radius 1 is 1.27 bits per heavy atom. The summed E-state index contributed by atoms with van der Waals surface area (Å²) in [7, 11) is 0. The summed E-state index contributed by atoms with van der Waals surface area (Å²) in [6, 6.07) is 0.535. The maximum atomic E-state index is 12.6. The van der Waals surface area contributed by atoms with Crippen molar-refractivity contribution in [2.24, 2.45) is 0 Å². The van der Waals surface area contributed by atoms with Gasteiger partial charge in [-0.05, 0) is 51.8 Å². The lowest BCUT2D eigenvalue weighted by Gasteiger charge is -2.23. The summed E-state index contributed by atoms with van der Waals surface area (Å²) in [6.07, 6.45) is 4.55. The van der Waals surface area contributed by atoms with E-state index in [0.717, 1.165) is 34.8 Å². The Bertz CT molecular complexity index is 882. The lowest BCUT2D eigenvalue weighted by atomic mass is 10.2. The lowest BCUT2D eigenvalue weighted by molar-refractivity contribution is -0.130. The van der Waals surface area contributed by atoms with E-state index < -0.39 is 0 Å². The van der Waals surface area contributed by atoms with Gasteiger partial charge in [0.2, 0.25) is 5.91 Å². The van der Waals surface area contributed by atoms with Gasteiger partial charge in [0, 0.05) is 36.9 Å². The summed E-state index contributed by atoms with van der Waals surface area (Å²) >= 11 is 1.55. The van der Waals surface area contributed by atoms with Gasteiger partial charge >= 0.3 is 0 Å². The van der Waals surface area contributed by atoms with E-state index in [1.165, 1.54) is 25.9 Å². The van der Waals surface area contributed by atoms with E-state index in [1.807, 2.05) is 18.7 Å². The predicted molar refractivity (Wildman–Crippen MR) is 104 cm³/mol. The van der Waals surface area contributed by atoms with Crippen LogP contribution in [-0.2, 0) is 11.2 Å². The molecule has 0 aliphatic carbocycles. The second-order valence-electron chi connectivity index (χ2n) is 7.50. The van der Waals surface area contributed by atoms with Crippen molar-refractivity contribution in [3.05, 3.63) is 26.6 Å². The predicted octanol–water partition coefficient (Wildman–Crippen LogP) is 2.23. The summed E-state index contributed by atoms with van der Waals surface area (Å²) in [4.78, 5) is 38.8. The minimum Gasteiger partial charge on any atom is -0.341 e. The highest BCUT2D eigenvalue weighted by atomic mass is 32.1. The quantitative estimate of drug-likeness (QED) is 0.891. The Morgan fingerprint density at radius 3 is 2.81 bits per heavy atom. The van der Waals surface area contributed by atoms with Crippen molar-refractivity contribution in [3.8, 4) is 0 Å². The van der Waals surface area contributed by atoms with Gasteiger partial charge in [-0.15, -0.1) is 11.3 Å². The number of H-pyrrole nitrogens is 1. The van der Waals surface area contributed by atoms with Crippen molar-refractivity contribution in [3.63, 3.8) is 0 Å². The molecule has 6 nitrogen and oxygen atoms in total. The fourth-order valence-electron chi connectivity index (χ4n) is 4.17. The largest absolute Gasteiger partial charge is 0.341 e. The summed E-state index contributed by atoms with van der Waals surface area (Å²) < 4.78 is 0. The number of fused-ring (bicyclic) bond motifs is 1. The van der Waals surface area contributed by atoms with E-state index in [1.54, 1.807) is 11.3 Å². The average Bonchev–Trinajstić information content (AvgIpc) is 3.33. The molecule has 4 heterocycles. The molecule has 2 aliphatic rings. The highest BCUT2D eigenvalue weighted by Gasteiger charge is 2.31. The van der Waals surface area contributed by atoms with Crippen LogP contribution >= 0.6 is 11.3 Å². The molecule has 26 heavy (non-hydrogen) atoms. The highest BCUT2D eigenvalue weighted by molar-refractivity contribution is 7.18. The van der Waals surface area contributed by atoms with Crippen LogP contribution in [0.15, 0.2) is 4.79 Å². The van der Waals surface area contributed by atoms with Gasteiger partial charge in [0.1, 0.15) is 10.7 Å². The normalized spacial score (nSPS) is 21.2. The zero-order valence-electron chi connectivity index (χ0n) is 15.5. The van der Waals surface area contributed by atoms with E-state index in [-0.39, 0.29) is 11.5 Å². The molecule has 4 rings (SSSR count). The van der Waals surface area contributed by atoms with Crippen LogP contribution in [0.4, 0.5) is 0 Å². The molecule has 2 aromatic heterocycles. The molecule has 0 aromatic carbocycles. The fourth-order valence-corrected chi connectivity index (χ4v) is 5.22. The minimum absolute atomic E-state index is 0.0884. The Labute approximate surface area is 157 Å². The molecule has 0 spiro atoms. The van der Waals surface area contributed by atoms with Crippen LogP contribution in [0.3, 0.4) is 0 Å². The number of aromatic nitrogens is 2. The smallest absolute Gasteiger partial charge is 0.259 e. The number of carbonyl (C=O) groups is 1. The number of hydrogen-bond acceptors (Lipinski definition) is 5. The van der Waals surface area contributed by atoms with E-state index in [9.17, 15) is 9.59 Å². The van der Waals surface area contributed by atoms with Crippen LogP contribution in [0.5, 0.6) is 0 Å². The van der Waals surface area contributed by atoms with E-state index >= 15 is 0 Å². The molecule has 1 amide bonds. The molecule has 0 saturated carbocycles. The molecule has 7 heteroatoms. The van der Waals surface area contributed by atoms with Gasteiger partial charge in [-0.25, -0.2) is 4.98 Å². The van der Waals surface area contributed by atoms with Gasteiger partial charge in [-0.1, -0.05) is 0 Å². The van der Waals surface area contributed by atoms with Crippen LogP contribution in [0.2, 0.25) is 0 Å². The summed E-state index contributed by atoms with van der Waals surface area (Å²) in [5.74, 6) is 0.792. The number of amides is 1. The minimum atomic E-state index is -0.0884. The molecule has 1 unspecified atom stereocenters. The van der Waals surface area contributed by atoms with E-state index in [4.69, 9.17) is 0 Å². The van der Waals surface area contributed by atoms with Crippen molar-refractivity contribution >= 4 is 27.5 Å². The number of likely N-dealkylation sites (tertiary alicyclic amines) is 2. The van der Waals surface area contributed by atoms with Crippen LogP contribution in [0.1, 0.15) is 41.9 Å². The van der Waals surface area contributed by atoms with Gasteiger partial charge in [-0.2, -0.15) is 0 Å². The molecule has 1 N–H and O–H groups in total. The van der Waals surface area contributed by atoms with Crippen molar-refractivity contribution in [2.75, 3.05) is 26.2 Å². The van der Waals surface area contributed by atoms with Gasteiger partial charge < -0.3 is 9.88 Å². The molecule has 2 aliphatic heterocycles. The summed E-state index contributed by atoms with van der Waals surface area (Å²) in [6.45, 7) is 8.03. The number of rotatable bonds is 4. The van der Waals surface area contributed by atoms with Gasteiger partial charge in [0.05, 0.1) is 5.39 Å². The Hall–Kier alpha value is -1.73. The molecule has 2 saturated heterocycles. The zero-order chi connectivity index (χ0) is 18.3. The topological polar surface area (TPSA) is 69.3 Å². The van der Waals surface area contributed by atoms with Crippen molar-refractivity contribution in [1.82, 2.24) is 19.8 Å². The monoisotopic (exact) mass is 374 g/mol. The van der Waals surface area contributed by atoms with Crippen molar-refractivity contribution in [2.45, 2.75) is 52.0 Å². The molecule has 2 fully saturated rings. The third-order valence-electron chi connectivity index (χ3n) is 5.84. The Kier molecular flexibility index (Phi) is 4.84. The third kappa shape index (κ3) is 3.30. The first-order valence-electron chi connectivity index (χ1n) is 9.53. The second-order valence-corrected chi connectivity index (χ2v) is 8.70. The van der Waals surface area contributed by atoms with Crippen molar-refractivity contribution in [1.29, 1.82) is 0 Å². The first-order chi connectivity index (χ1) is 12.5. The number of aromatic amines is 1. The molecule has 2 aromatic rings. The lowest BCUT2D eigenvalue weighted by Crippen LogP contribution is -2.37. The number of thiophene rings is 1. The second kappa shape index (κ2) is 7.12. The molecule has 0 bridgehead atoms. The van der Waals surface area contributed by atoms with Crippen LogP contribution < -0.4 is 5.56 Å². The zero-order valence-corrected chi connectivity index (χ0v) is 16.3. The first kappa shape index (κ1) is 17.7. The third-order valence-corrected chi connectivity index (χ3v) is 6.94. The molecular formula is C19H26N4O2S. The van der Waals surface area contributed by atoms with Gasteiger partial charge in [-0.3, -0.25) is 14.5 Å².